The van der Waals surface area contributed by atoms with Crippen LogP contribution in [0.4, 0.5) is 11.4 Å². The number of nitro benzene ring substituents is 1. The van der Waals surface area contributed by atoms with E-state index in [0.717, 1.165) is 5.69 Å². The molecule has 146 valence electrons. The summed E-state index contributed by atoms with van der Waals surface area (Å²) in [5, 5.41) is 23.7. The van der Waals surface area contributed by atoms with Crippen molar-refractivity contribution in [2.45, 2.75) is 19.4 Å². The van der Waals surface area contributed by atoms with Crippen molar-refractivity contribution in [3.05, 3.63) is 64.0 Å². The highest BCUT2D eigenvalue weighted by Gasteiger charge is 2.32. The van der Waals surface area contributed by atoms with Gasteiger partial charge in [0.2, 0.25) is 0 Å². The predicted molar refractivity (Wildman–Crippen MR) is 101 cm³/mol. The third-order valence-electron chi connectivity index (χ3n) is 4.77. The lowest BCUT2D eigenvalue weighted by molar-refractivity contribution is -0.384. The van der Waals surface area contributed by atoms with Crippen LogP contribution in [0.1, 0.15) is 35.4 Å². The standard InChI is InChI=1S/C19H20N4O5/c1-12(15-4-2-3-8-20-15)21-16-6-5-13(10-17(16)23(27)28)18(24)22-9-7-14(11-22)19(25)26/h2-6,8,10,12,14,21H,7,9,11H2,1H3,(H,25,26). The normalized spacial score (nSPS) is 17.2. The van der Waals surface area contributed by atoms with Gasteiger partial charge in [-0.1, -0.05) is 6.07 Å². The van der Waals surface area contributed by atoms with Gasteiger partial charge in [0.15, 0.2) is 0 Å². The molecule has 0 radical (unpaired) electrons. The number of aliphatic carboxylic acids is 1. The SMILES string of the molecule is CC(Nc1ccc(C(=O)N2CCC(C(=O)O)C2)cc1[N+](=O)[O-])c1ccccn1. The second-order valence-electron chi connectivity index (χ2n) is 6.68. The van der Waals surface area contributed by atoms with Gasteiger partial charge < -0.3 is 15.3 Å². The Kier molecular flexibility index (Phi) is 5.53. The maximum absolute atomic E-state index is 12.6. The van der Waals surface area contributed by atoms with E-state index < -0.39 is 22.7 Å². The summed E-state index contributed by atoms with van der Waals surface area (Å²) in [4.78, 5) is 40.3. The van der Waals surface area contributed by atoms with Gasteiger partial charge in [-0.25, -0.2) is 0 Å². The van der Waals surface area contributed by atoms with Crippen molar-refractivity contribution >= 4 is 23.3 Å². The van der Waals surface area contributed by atoms with Gasteiger partial charge >= 0.3 is 5.97 Å². The van der Waals surface area contributed by atoms with E-state index in [0.29, 0.717) is 13.0 Å². The molecule has 1 amide bonds. The molecule has 28 heavy (non-hydrogen) atoms. The molecule has 1 aromatic heterocycles. The number of likely N-dealkylation sites (tertiary alicyclic amines) is 1. The zero-order chi connectivity index (χ0) is 20.3. The number of carbonyl (C=O) groups excluding carboxylic acids is 1. The third-order valence-corrected chi connectivity index (χ3v) is 4.77. The lowest BCUT2D eigenvalue weighted by Crippen LogP contribution is -2.30. The van der Waals surface area contributed by atoms with Gasteiger partial charge in [-0.05, 0) is 37.6 Å². The first-order valence-corrected chi connectivity index (χ1v) is 8.85. The molecule has 1 fully saturated rings. The number of carboxylic acid groups (broad SMARTS) is 1. The Bertz CT molecular complexity index is 902. The Morgan fingerprint density at radius 1 is 1.36 bits per heavy atom. The Labute approximate surface area is 161 Å². The van der Waals surface area contributed by atoms with Crippen molar-refractivity contribution in [2.24, 2.45) is 5.92 Å². The van der Waals surface area contributed by atoms with Crippen LogP contribution in [0.15, 0.2) is 42.6 Å². The Morgan fingerprint density at radius 3 is 2.75 bits per heavy atom. The highest BCUT2D eigenvalue weighted by molar-refractivity contribution is 5.96. The molecule has 1 aliphatic heterocycles. The molecule has 0 bridgehead atoms. The molecule has 1 aliphatic rings. The van der Waals surface area contributed by atoms with Gasteiger partial charge in [0.1, 0.15) is 5.69 Å². The second-order valence-corrected chi connectivity index (χ2v) is 6.68. The molecule has 0 aliphatic carbocycles. The predicted octanol–water partition coefficient (Wildman–Crippen LogP) is 2.71. The number of rotatable bonds is 6. The average Bonchev–Trinajstić information content (AvgIpc) is 3.19. The maximum Gasteiger partial charge on any atom is 0.308 e. The number of aromatic nitrogens is 1. The first kappa shape index (κ1) is 19.3. The molecule has 9 heteroatoms. The van der Waals surface area contributed by atoms with Crippen molar-refractivity contribution < 1.29 is 19.6 Å². The third kappa shape index (κ3) is 4.08. The van der Waals surface area contributed by atoms with E-state index >= 15 is 0 Å². The monoisotopic (exact) mass is 384 g/mol. The summed E-state index contributed by atoms with van der Waals surface area (Å²) in [7, 11) is 0. The van der Waals surface area contributed by atoms with Crippen LogP contribution < -0.4 is 5.32 Å². The summed E-state index contributed by atoms with van der Waals surface area (Å²) in [6.07, 6.45) is 2.02. The largest absolute Gasteiger partial charge is 0.481 e. The first-order valence-electron chi connectivity index (χ1n) is 8.85. The number of nitrogens with zero attached hydrogens (tertiary/aromatic N) is 3. The average molecular weight is 384 g/mol. The van der Waals surface area contributed by atoms with E-state index in [4.69, 9.17) is 5.11 Å². The number of amides is 1. The molecule has 1 aromatic carbocycles. The van der Waals surface area contributed by atoms with E-state index in [1.165, 1.54) is 23.1 Å². The van der Waals surface area contributed by atoms with Gasteiger partial charge in [-0.15, -0.1) is 0 Å². The summed E-state index contributed by atoms with van der Waals surface area (Å²) in [5.41, 5.74) is 0.953. The second kappa shape index (κ2) is 8.03. The van der Waals surface area contributed by atoms with Gasteiger partial charge in [-0.2, -0.15) is 0 Å². The molecule has 3 rings (SSSR count). The fraction of sp³-hybridized carbons (Fsp3) is 0.316. The summed E-state index contributed by atoms with van der Waals surface area (Å²) < 4.78 is 0. The minimum Gasteiger partial charge on any atom is -0.481 e. The van der Waals surface area contributed by atoms with Crippen LogP contribution in [0.25, 0.3) is 0 Å². The highest BCUT2D eigenvalue weighted by atomic mass is 16.6. The number of nitro groups is 1. The van der Waals surface area contributed by atoms with Crippen LogP contribution >= 0.6 is 0 Å². The van der Waals surface area contributed by atoms with Gasteiger partial charge in [0.05, 0.1) is 22.6 Å². The molecule has 2 atom stereocenters. The molecule has 9 nitrogen and oxygen atoms in total. The highest BCUT2D eigenvalue weighted by Crippen LogP contribution is 2.30. The van der Waals surface area contributed by atoms with Crippen molar-refractivity contribution in [1.29, 1.82) is 0 Å². The molecule has 2 aromatic rings. The summed E-state index contributed by atoms with van der Waals surface area (Å²) in [6.45, 7) is 2.26. The fourth-order valence-electron chi connectivity index (χ4n) is 3.21. The number of hydrogen-bond acceptors (Lipinski definition) is 6. The summed E-state index contributed by atoms with van der Waals surface area (Å²) in [5.74, 6) is -1.94. The quantitative estimate of drug-likeness (QED) is 0.579. The van der Waals surface area contributed by atoms with Gasteiger partial charge in [0, 0.05) is 30.9 Å². The number of hydrogen-bond donors (Lipinski definition) is 2. The van der Waals surface area contributed by atoms with Crippen LogP contribution in [-0.4, -0.2) is 44.9 Å². The smallest absolute Gasteiger partial charge is 0.308 e. The zero-order valence-electron chi connectivity index (χ0n) is 15.2. The molecule has 2 N–H and O–H groups in total. The van der Waals surface area contributed by atoms with Crippen LogP contribution in [0.2, 0.25) is 0 Å². The number of benzene rings is 1. The lowest BCUT2D eigenvalue weighted by Gasteiger charge is -2.17. The Morgan fingerprint density at radius 2 is 2.14 bits per heavy atom. The first-order chi connectivity index (χ1) is 13.4. The van der Waals surface area contributed by atoms with Crippen molar-refractivity contribution in [3.8, 4) is 0 Å². The van der Waals surface area contributed by atoms with Crippen molar-refractivity contribution in [1.82, 2.24) is 9.88 Å². The number of pyridine rings is 1. The molecule has 2 unspecified atom stereocenters. The Balaban J connectivity index is 1.80. The number of nitrogens with one attached hydrogen (secondary N) is 1. The van der Waals surface area contributed by atoms with Gasteiger partial charge in [-0.3, -0.25) is 24.7 Å². The number of carboxylic acids is 1. The summed E-state index contributed by atoms with van der Waals surface area (Å²) >= 11 is 0. The fourth-order valence-corrected chi connectivity index (χ4v) is 3.21. The van der Waals surface area contributed by atoms with E-state index in [-0.39, 0.29) is 29.5 Å². The van der Waals surface area contributed by atoms with Crippen LogP contribution in [0, 0.1) is 16.0 Å². The maximum atomic E-state index is 12.6. The van der Waals surface area contributed by atoms with E-state index in [2.05, 4.69) is 10.3 Å². The molecule has 0 saturated carbocycles. The van der Waals surface area contributed by atoms with Crippen LogP contribution in [0.5, 0.6) is 0 Å². The number of carbonyl (C=O) groups is 2. The minimum atomic E-state index is -0.940. The van der Waals surface area contributed by atoms with Crippen molar-refractivity contribution in [3.63, 3.8) is 0 Å². The minimum absolute atomic E-state index is 0.110. The molecule has 0 spiro atoms. The van der Waals surface area contributed by atoms with E-state index in [9.17, 15) is 19.7 Å². The molecular weight excluding hydrogens is 364 g/mol. The van der Waals surface area contributed by atoms with Crippen LogP contribution in [-0.2, 0) is 4.79 Å². The van der Waals surface area contributed by atoms with Gasteiger partial charge in [0.25, 0.3) is 11.6 Å². The van der Waals surface area contributed by atoms with E-state index in [1.54, 1.807) is 12.3 Å². The molecular formula is C19H20N4O5. The number of anilines is 1. The van der Waals surface area contributed by atoms with Crippen molar-refractivity contribution in [2.75, 3.05) is 18.4 Å². The van der Waals surface area contributed by atoms with Crippen LogP contribution in [0.3, 0.4) is 0 Å². The summed E-state index contributed by atoms with van der Waals surface area (Å²) in [6, 6.07) is 9.39. The topological polar surface area (TPSA) is 126 Å². The molecule has 2 heterocycles. The van der Waals surface area contributed by atoms with E-state index in [1.807, 2.05) is 19.1 Å². The molecule has 1 saturated heterocycles. The zero-order valence-corrected chi connectivity index (χ0v) is 15.2. The Hall–Kier alpha value is -3.49. The lowest BCUT2D eigenvalue weighted by atomic mass is 10.1.